The number of benzene rings is 2. The van der Waals surface area contributed by atoms with E-state index in [-0.39, 0.29) is 24.3 Å². The minimum atomic E-state index is -0.952. The highest BCUT2D eigenvalue weighted by molar-refractivity contribution is 5.93. The summed E-state index contributed by atoms with van der Waals surface area (Å²) in [6.45, 7) is 19.4. The van der Waals surface area contributed by atoms with Gasteiger partial charge >= 0.3 is 6.09 Å². The molecule has 3 atom stereocenters. The van der Waals surface area contributed by atoms with Crippen molar-refractivity contribution in [2.45, 2.75) is 124 Å². The van der Waals surface area contributed by atoms with Gasteiger partial charge in [0.05, 0.1) is 0 Å². The zero-order valence-electron chi connectivity index (χ0n) is 26.8. The molecule has 0 spiro atoms. The van der Waals surface area contributed by atoms with Crippen molar-refractivity contribution in [1.82, 2.24) is 15.5 Å². The van der Waals surface area contributed by atoms with Crippen molar-refractivity contribution >= 4 is 17.9 Å². The maximum atomic E-state index is 14.8. The summed E-state index contributed by atoms with van der Waals surface area (Å²) in [6.07, 6.45) is 1.93. The number of aryl methyl sites for hydroxylation is 1. The largest absolute Gasteiger partial charge is 0.444 e. The Hall–Kier alpha value is -3.35. The van der Waals surface area contributed by atoms with E-state index < -0.39 is 29.3 Å². The number of ether oxygens (including phenoxy) is 1. The smallest absolute Gasteiger partial charge is 0.408 e. The quantitative estimate of drug-likeness (QED) is 0.296. The van der Waals surface area contributed by atoms with Gasteiger partial charge < -0.3 is 20.3 Å². The molecule has 0 aliphatic rings. The van der Waals surface area contributed by atoms with Gasteiger partial charge in [-0.05, 0) is 90.5 Å². The number of nitrogens with zero attached hydrogens (tertiary/aromatic N) is 1. The summed E-state index contributed by atoms with van der Waals surface area (Å²) < 4.78 is 5.55. The van der Waals surface area contributed by atoms with Gasteiger partial charge in [-0.15, -0.1) is 0 Å². The molecule has 3 unspecified atom stereocenters. The highest BCUT2D eigenvalue weighted by Gasteiger charge is 2.44. The topological polar surface area (TPSA) is 87.7 Å². The summed E-state index contributed by atoms with van der Waals surface area (Å²) >= 11 is 0. The molecule has 2 N–H and O–H groups in total. The lowest BCUT2D eigenvalue weighted by atomic mass is 9.88. The number of rotatable bonds is 12. The molecule has 41 heavy (non-hydrogen) atoms. The van der Waals surface area contributed by atoms with Gasteiger partial charge in [-0.25, -0.2) is 4.79 Å². The van der Waals surface area contributed by atoms with E-state index in [1.165, 1.54) is 0 Å². The second kappa shape index (κ2) is 14.5. The van der Waals surface area contributed by atoms with Gasteiger partial charge in [0.15, 0.2) is 0 Å². The lowest BCUT2D eigenvalue weighted by molar-refractivity contribution is -0.149. The van der Waals surface area contributed by atoms with Crippen LogP contribution in [0.15, 0.2) is 48.5 Å². The average molecular weight is 566 g/mol. The first-order valence-electron chi connectivity index (χ1n) is 14.8. The zero-order valence-corrected chi connectivity index (χ0v) is 26.8. The van der Waals surface area contributed by atoms with Crippen molar-refractivity contribution in [1.29, 1.82) is 0 Å². The van der Waals surface area contributed by atoms with Crippen LogP contribution in [0.25, 0.3) is 0 Å². The fraction of sp³-hybridized carbons (Fsp3) is 0.559. The molecule has 0 aliphatic heterocycles. The van der Waals surface area contributed by atoms with Crippen molar-refractivity contribution in [2.24, 2.45) is 0 Å². The predicted octanol–water partition coefficient (Wildman–Crippen LogP) is 6.80. The summed E-state index contributed by atoms with van der Waals surface area (Å²) in [4.78, 5) is 43.6. The van der Waals surface area contributed by atoms with Crippen LogP contribution in [0.3, 0.4) is 0 Å². The predicted molar refractivity (Wildman–Crippen MR) is 166 cm³/mol. The molecule has 0 radical (unpaired) electrons. The van der Waals surface area contributed by atoms with Gasteiger partial charge in [-0.1, -0.05) is 68.8 Å². The van der Waals surface area contributed by atoms with E-state index in [0.717, 1.165) is 35.1 Å². The molecule has 0 saturated heterocycles. The van der Waals surface area contributed by atoms with Crippen LogP contribution in [0.2, 0.25) is 0 Å². The zero-order chi connectivity index (χ0) is 31.0. The van der Waals surface area contributed by atoms with Crippen LogP contribution in [-0.2, 0) is 20.7 Å². The molecule has 0 bridgehead atoms. The third-order valence-electron chi connectivity index (χ3n) is 7.58. The maximum Gasteiger partial charge on any atom is 0.408 e. The molecular formula is C34H51N3O4. The van der Waals surface area contributed by atoms with Gasteiger partial charge in [0.2, 0.25) is 11.8 Å². The third-order valence-corrected chi connectivity index (χ3v) is 7.58. The summed E-state index contributed by atoms with van der Waals surface area (Å²) in [5.74, 6) is -0.569. The summed E-state index contributed by atoms with van der Waals surface area (Å²) in [5.41, 5.74) is 2.21. The van der Waals surface area contributed by atoms with Gasteiger partial charge in [-0.3, -0.25) is 9.59 Å². The molecule has 0 aromatic heterocycles. The fourth-order valence-corrected chi connectivity index (χ4v) is 4.91. The lowest BCUT2D eigenvalue weighted by Gasteiger charge is -2.45. The fourth-order valence-electron chi connectivity index (χ4n) is 4.91. The lowest BCUT2D eigenvalue weighted by Crippen LogP contribution is -2.60. The second-order valence-electron chi connectivity index (χ2n) is 12.7. The number of nitrogens with one attached hydrogen (secondary N) is 2. The molecular weight excluding hydrogens is 514 g/mol. The minimum absolute atomic E-state index is 0.0539. The minimum Gasteiger partial charge on any atom is -0.444 e. The SMILES string of the molecule is CCCC(C)NC(=O)C(c1cccc(C)c1C)N(C(=O)C(Cc1ccccc1)NC(=O)OC(C)(C)C)C(C)(C)CC. The molecule has 0 aliphatic carbocycles. The molecule has 3 amide bonds. The summed E-state index contributed by atoms with van der Waals surface area (Å²) in [6, 6.07) is 13.5. The van der Waals surface area contributed by atoms with E-state index in [9.17, 15) is 14.4 Å². The summed E-state index contributed by atoms with van der Waals surface area (Å²) in [7, 11) is 0. The first-order valence-corrected chi connectivity index (χ1v) is 14.8. The number of alkyl carbamates (subject to hydrolysis) is 1. The van der Waals surface area contributed by atoms with Crippen LogP contribution in [0.4, 0.5) is 4.79 Å². The molecule has 7 nitrogen and oxygen atoms in total. The standard InChI is InChI=1S/C34H51N3O4/c1-11-17-24(4)35-30(38)29(27-21-16-18-23(3)25(27)5)37(34(9,10)12-2)31(39)28(22-26-19-14-13-15-20-26)36-32(40)41-33(6,7)8/h13-16,18-21,24,28-29H,11-12,17,22H2,1-10H3,(H,35,38)(H,36,40). The number of hydrogen-bond acceptors (Lipinski definition) is 4. The van der Waals surface area contributed by atoms with E-state index in [4.69, 9.17) is 4.74 Å². The first-order chi connectivity index (χ1) is 19.1. The Bertz CT molecular complexity index is 1170. The Kier molecular flexibility index (Phi) is 12.0. The highest BCUT2D eigenvalue weighted by Crippen LogP contribution is 2.35. The first kappa shape index (κ1) is 33.9. The van der Waals surface area contributed by atoms with Gasteiger partial charge in [0.1, 0.15) is 17.7 Å². The van der Waals surface area contributed by atoms with Crippen LogP contribution in [0.5, 0.6) is 0 Å². The van der Waals surface area contributed by atoms with Gasteiger partial charge in [0, 0.05) is 18.0 Å². The Morgan fingerprint density at radius 3 is 2.10 bits per heavy atom. The van der Waals surface area contributed by atoms with Crippen LogP contribution in [-0.4, -0.2) is 46.0 Å². The molecule has 226 valence electrons. The molecule has 7 heteroatoms. The number of hydrogen-bond donors (Lipinski definition) is 2. The highest BCUT2D eigenvalue weighted by atomic mass is 16.6. The monoisotopic (exact) mass is 565 g/mol. The van der Waals surface area contributed by atoms with Crippen LogP contribution in [0, 0.1) is 13.8 Å². The number of carbonyl (C=O) groups is 3. The second-order valence-corrected chi connectivity index (χ2v) is 12.7. The number of amides is 3. The van der Waals surface area contributed by atoms with Crippen molar-refractivity contribution in [3.05, 3.63) is 70.8 Å². The normalized spacial score (nSPS) is 14.0. The van der Waals surface area contributed by atoms with Crippen molar-refractivity contribution < 1.29 is 19.1 Å². The average Bonchev–Trinajstić information content (AvgIpc) is 2.87. The third kappa shape index (κ3) is 9.61. The molecule has 0 saturated carbocycles. The Morgan fingerprint density at radius 1 is 0.902 bits per heavy atom. The van der Waals surface area contributed by atoms with Gasteiger partial charge in [0.25, 0.3) is 0 Å². The Balaban J connectivity index is 2.71. The maximum absolute atomic E-state index is 14.8. The number of carbonyl (C=O) groups excluding carboxylic acids is 3. The molecule has 0 heterocycles. The molecule has 2 aromatic carbocycles. The molecule has 2 rings (SSSR count). The van der Waals surface area contributed by atoms with Gasteiger partial charge in [-0.2, -0.15) is 0 Å². The van der Waals surface area contributed by atoms with Crippen LogP contribution in [0.1, 0.15) is 103 Å². The molecule has 2 aromatic rings. The van der Waals surface area contributed by atoms with E-state index in [1.807, 2.05) is 90.1 Å². The van der Waals surface area contributed by atoms with E-state index >= 15 is 0 Å². The van der Waals surface area contributed by atoms with E-state index in [0.29, 0.717) is 6.42 Å². The molecule has 0 fully saturated rings. The van der Waals surface area contributed by atoms with Crippen LogP contribution < -0.4 is 10.6 Å². The van der Waals surface area contributed by atoms with E-state index in [1.54, 1.807) is 25.7 Å². The van der Waals surface area contributed by atoms with Crippen molar-refractivity contribution in [3.63, 3.8) is 0 Å². The van der Waals surface area contributed by atoms with Crippen molar-refractivity contribution in [3.8, 4) is 0 Å². The van der Waals surface area contributed by atoms with E-state index in [2.05, 4.69) is 17.6 Å². The Morgan fingerprint density at radius 2 is 1.54 bits per heavy atom. The Labute approximate surface area is 247 Å². The van der Waals surface area contributed by atoms with Crippen molar-refractivity contribution in [2.75, 3.05) is 0 Å². The summed E-state index contributed by atoms with van der Waals surface area (Å²) in [5, 5.41) is 6.02. The van der Waals surface area contributed by atoms with Crippen LogP contribution >= 0.6 is 0 Å².